The molecule has 4 nitrogen and oxygen atoms in total. The maximum Gasteiger partial charge on any atom is 0.347 e. The second-order valence-corrected chi connectivity index (χ2v) is 3.99. The lowest BCUT2D eigenvalue weighted by Gasteiger charge is -2.09. The smallest absolute Gasteiger partial charge is 0.347 e. The van der Waals surface area contributed by atoms with Gasteiger partial charge in [0, 0.05) is 18.0 Å². The van der Waals surface area contributed by atoms with Crippen LogP contribution >= 0.6 is 12.2 Å². The van der Waals surface area contributed by atoms with Crippen LogP contribution in [0.3, 0.4) is 0 Å². The first-order valence-corrected chi connectivity index (χ1v) is 5.48. The summed E-state index contributed by atoms with van der Waals surface area (Å²) in [6.45, 7) is 0.417. The first-order chi connectivity index (χ1) is 8.18. The number of nitrogens with zero attached hydrogens (tertiary/aromatic N) is 2. The molecule has 2 aromatic rings. The quantitative estimate of drug-likeness (QED) is 0.817. The van der Waals surface area contributed by atoms with E-state index in [1.807, 2.05) is 24.3 Å². The van der Waals surface area contributed by atoms with Gasteiger partial charge >= 0.3 is 5.69 Å². The summed E-state index contributed by atoms with van der Waals surface area (Å²) in [7, 11) is 0. The zero-order valence-electron chi connectivity index (χ0n) is 9.04. The Morgan fingerprint density at radius 1 is 1.35 bits per heavy atom. The maximum atomic E-state index is 11.5. The Morgan fingerprint density at radius 2 is 2.12 bits per heavy atom. The summed E-state index contributed by atoms with van der Waals surface area (Å²) in [5, 5.41) is 0. The molecule has 1 heterocycles. The predicted octanol–water partition coefficient (Wildman–Crippen LogP) is 0.926. The molecule has 0 saturated carbocycles. The highest BCUT2D eigenvalue weighted by Gasteiger charge is 2.05. The fourth-order valence-corrected chi connectivity index (χ4v) is 1.79. The Hall–Kier alpha value is -2.01. The maximum absolute atomic E-state index is 11.5. The van der Waals surface area contributed by atoms with E-state index in [-0.39, 0.29) is 5.69 Å². The highest BCUT2D eigenvalue weighted by atomic mass is 32.1. The molecule has 0 amide bonds. The van der Waals surface area contributed by atoms with E-state index in [9.17, 15) is 4.79 Å². The fraction of sp³-hybridized carbons (Fsp3) is 0.0833. The summed E-state index contributed by atoms with van der Waals surface area (Å²) in [6, 6.07) is 9.21. The van der Waals surface area contributed by atoms with Gasteiger partial charge in [-0.15, -0.1) is 0 Å². The van der Waals surface area contributed by atoms with Crippen LogP contribution in [0.2, 0.25) is 0 Å². The van der Waals surface area contributed by atoms with Crippen molar-refractivity contribution >= 4 is 17.2 Å². The van der Waals surface area contributed by atoms with E-state index in [0.717, 1.165) is 11.1 Å². The molecule has 0 unspecified atom stereocenters. The topological polar surface area (TPSA) is 60.9 Å². The Kier molecular flexibility index (Phi) is 3.30. The standard InChI is InChI=1S/C12H11N3OS/c13-11(17)10-5-2-1-4-9(10)8-15-7-3-6-14-12(15)16/h1-7H,8H2,(H2,13,17). The zero-order valence-corrected chi connectivity index (χ0v) is 9.85. The summed E-state index contributed by atoms with van der Waals surface area (Å²) in [5.41, 5.74) is 7.05. The SMILES string of the molecule is NC(=S)c1ccccc1Cn1cccnc1=O. The van der Waals surface area contributed by atoms with Crippen molar-refractivity contribution in [2.24, 2.45) is 5.73 Å². The highest BCUT2D eigenvalue weighted by Crippen LogP contribution is 2.09. The number of benzene rings is 1. The molecule has 1 aromatic carbocycles. The second kappa shape index (κ2) is 4.88. The van der Waals surface area contributed by atoms with E-state index in [0.29, 0.717) is 11.5 Å². The molecule has 0 radical (unpaired) electrons. The predicted molar refractivity (Wildman–Crippen MR) is 69.9 cm³/mol. The van der Waals surface area contributed by atoms with Gasteiger partial charge < -0.3 is 5.73 Å². The second-order valence-electron chi connectivity index (χ2n) is 3.55. The number of hydrogen-bond acceptors (Lipinski definition) is 3. The van der Waals surface area contributed by atoms with Crippen LogP contribution in [0, 0.1) is 0 Å². The molecule has 17 heavy (non-hydrogen) atoms. The molecular formula is C12H11N3OS. The number of hydrogen-bond donors (Lipinski definition) is 1. The van der Waals surface area contributed by atoms with E-state index in [1.165, 1.54) is 10.8 Å². The van der Waals surface area contributed by atoms with Crippen molar-refractivity contribution in [2.45, 2.75) is 6.54 Å². The van der Waals surface area contributed by atoms with Crippen molar-refractivity contribution < 1.29 is 0 Å². The molecule has 0 saturated heterocycles. The molecule has 1 aromatic heterocycles. The van der Waals surface area contributed by atoms with Crippen LogP contribution in [-0.2, 0) is 6.54 Å². The van der Waals surface area contributed by atoms with Crippen molar-refractivity contribution in [3.8, 4) is 0 Å². The average molecular weight is 245 g/mol. The van der Waals surface area contributed by atoms with E-state index in [2.05, 4.69) is 4.98 Å². The molecule has 0 bridgehead atoms. The Bertz CT molecular complexity index is 606. The molecule has 0 aliphatic heterocycles. The molecule has 5 heteroatoms. The summed E-state index contributed by atoms with van der Waals surface area (Å²) in [4.78, 5) is 15.5. The van der Waals surface area contributed by atoms with E-state index >= 15 is 0 Å². The molecule has 0 fully saturated rings. The summed E-state index contributed by atoms with van der Waals surface area (Å²) in [6.07, 6.45) is 3.16. The largest absolute Gasteiger partial charge is 0.389 e. The summed E-state index contributed by atoms with van der Waals surface area (Å²) >= 11 is 4.97. The lowest BCUT2D eigenvalue weighted by atomic mass is 10.1. The van der Waals surface area contributed by atoms with Gasteiger partial charge in [0.25, 0.3) is 0 Å². The van der Waals surface area contributed by atoms with Crippen LogP contribution < -0.4 is 11.4 Å². The van der Waals surface area contributed by atoms with Crippen LogP contribution in [0.1, 0.15) is 11.1 Å². The van der Waals surface area contributed by atoms with Crippen LogP contribution in [0.25, 0.3) is 0 Å². The molecule has 86 valence electrons. The van der Waals surface area contributed by atoms with Gasteiger partial charge in [0.2, 0.25) is 0 Å². The normalized spacial score (nSPS) is 10.1. The van der Waals surface area contributed by atoms with E-state index in [1.54, 1.807) is 12.3 Å². The van der Waals surface area contributed by atoms with Gasteiger partial charge in [-0.1, -0.05) is 36.5 Å². The van der Waals surface area contributed by atoms with Gasteiger partial charge in [0.05, 0.1) is 6.54 Å². The minimum absolute atomic E-state index is 0.287. The van der Waals surface area contributed by atoms with Gasteiger partial charge in [0.1, 0.15) is 4.99 Å². The van der Waals surface area contributed by atoms with Crippen LogP contribution in [0.5, 0.6) is 0 Å². The molecular weight excluding hydrogens is 234 g/mol. The van der Waals surface area contributed by atoms with Gasteiger partial charge in [0.15, 0.2) is 0 Å². The van der Waals surface area contributed by atoms with Crippen LogP contribution in [0.4, 0.5) is 0 Å². The minimum Gasteiger partial charge on any atom is -0.389 e. The first-order valence-electron chi connectivity index (χ1n) is 5.07. The molecule has 0 aliphatic carbocycles. The monoisotopic (exact) mass is 245 g/mol. The van der Waals surface area contributed by atoms with Gasteiger partial charge in [-0.25, -0.2) is 9.78 Å². The Balaban J connectivity index is 2.40. The first kappa shape index (κ1) is 11.5. The van der Waals surface area contributed by atoms with Crippen LogP contribution in [-0.4, -0.2) is 14.5 Å². The molecule has 0 aliphatic rings. The number of rotatable bonds is 3. The van der Waals surface area contributed by atoms with Crippen molar-refractivity contribution in [1.29, 1.82) is 0 Å². The highest BCUT2D eigenvalue weighted by molar-refractivity contribution is 7.80. The van der Waals surface area contributed by atoms with Gasteiger partial charge in [-0.05, 0) is 11.6 Å². The number of aromatic nitrogens is 2. The number of nitrogens with two attached hydrogens (primary N) is 1. The Morgan fingerprint density at radius 3 is 2.82 bits per heavy atom. The van der Waals surface area contributed by atoms with Gasteiger partial charge in [-0.3, -0.25) is 4.57 Å². The average Bonchev–Trinajstić information content (AvgIpc) is 2.32. The molecule has 2 rings (SSSR count). The summed E-state index contributed by atoms with van der Waals surface area (Å²) in [5.74, 6) is 0. The molecule has 2 N–H and O–H groups in total. The third-order valence-corrected chi connectivity index (χ3v) is 2.63. The van der Waals surface area contributed by atoms with E-state index < -0.39 is 0 Å². The molecule has 0 spiro atoms. The third-order valence-electron chi connectivity index (χ3n) is 2.41. The fourth-order valence-electron chi connectivity index (χ4n) is 1.59. The lowest BCUT2D eigenvalue weighted by molar-refractivity contribution is 0.726. The van der Waals surface area contributed by atoms with Crippen molar-refractivity contribution in [2.75, 3.05) is 0 Å². The van der Waals surface area contributed by atoms with Gasteiger partial charge in [-0.2, -0.15) is 0 Å². The number of thiocarbonyl (C=S) groups is 1. The zero-order chi connectivity index (χ0) is 12.3. The minimum atomic E-state index is -0.287. The molecule has 0 atom stereocenters. The van der Waals surface area contributed by atoms with Crippen LogP contribution in [0.15, 0.2) is 47.5 Å². The van der Waals surface area contributed by atoms with E-state index in [4.69, 9.17) is 18.0 Å². The Labute approximate surface area is 104 Å². The van der Waals surface area contributed by atoms with Crippen molar-refractivity contribution in [3.63, 3.8) is 0 Å². The third kappa shape index (κ3) is 2.57. The lowest BCUT2D eigenvalue weighted by Crippen LogP contribution is -2.23. The van der Waals surface area contributed by atoms with Crippen molar-refractivity contribution in [3.05, 3.63) is 64.3 Å². The van der Waals surface area contributed by atoms with Crippen molar-refractivity contribution in [1.82, 2.24) is 9.55 Å². The summed E-state index contributed by atoms with van der Waals surface area (Å²) < 4.78 is 1.51.